The highest BCUT2D eigenvalue weighted by molar-refractivity contribution is 14.1. The highest BCUT2D eigenvalue weighted by atomic mass is 127. The lowest BCUT2D eigenvalue weighted by Gasteiger charge is -2.23. The van der Waals surface area contributed by atoms with E-state index in [1.807, 2.05) is 6.20 Å². The van der Waals surface area contributed by atoms with E-state index in [0.29, 0.717) is 5.92 Å². The molecule has 0 aromatic carbocycles. The third kappa shape index (κ3) is 2.24. The first-order valence-electron chi connectivity index (χ1n) is 4.87. The molecule has 1 aliphatic rings. The van der Waals surface area contributed by atoms with Gasteiger partial charge < -0.3 is 4.42 Å². The van der Waals surface area contributed by atoms with Crippen molar-refractivity contribution >= 4 is 22.6 Å². The van der Waals surface area contributed by atoms with Crippen LogP contribution in [0, 0.1) is 9.68 Å². The Bertz CT molecular complexity index is 276. The first-order chi connectivity index (χ1) is 6.25. The predicted molar refractivity (Wildman–Crippen MR) is 59.6 cm³/mol. The largest absolute Gasteiger partial charge is 0.435 e. The zero-order chi connectivity index (χ0) is 9.26. The van der Waals surface area contributed by atoms with Gasteiger partial charge in [-0.25, -0.2) is 4.98 Å². The van der Waals surface area contributed by atoms with Crippen LogP contribution in [0.15, 0.2) is 10.6 Å². The van der Waals surface area contributed by atoms with Crippen LogP contribution in [0.25, 0.3) is 0 Å². The summed E-state index contributed by atoms with van der Waals surface area (Å²) in [5.74, 6) is 2.43. The number of aromatic nitrogens is 1. The van der Waals surface area contributed by atoms with Gasteiger partial charge >= 0.3 is 0 Å². The van der Waals surface area contributed by atoms with Crippen molar-refractivity contribution in [2.45, 2.75) is 38.5 Å². The monoisotopic (exact) mass is 291 g/mol. The second-order valence-electron chi connectivity index (χ2n) is 3.96. The molecule has 2 nitrogen and oxygen atoms in total. The van der Waals surface area contributed by atoms with Crippen LogP contribution in [0.4, 0.5) is 0 Å². The molecule has 1 aromatic rings. The summed E-state index contributed by atoms with van der Waals surface area (Å²) in [4.78, 5) is 4.29. The van der Waals surface area contributed by atoms with Gasteiger partial charge in [-0.2, -0.15) is 0 Å². The summed E-state index contributed by atoms with van der Waals surface area (Å²) in [5, 5.41) is 0. The third-order valence-corrected chi connectivity index (χ3v) is 3.36. The molecule has 3 heteroatoms. The molecular formula is C10H14INO. The zero-order valence-corrected chi connectivity index (χ0v) is 9.95. The van der Waals surface area contributed by atoms with Gasteiger partial charge in [0.1, 0.15) is 0 Å². The molecule has 0 saturated heterocycles. The van der Waals surface area contributed by atoms with Gasteiger partial charge in [0.2, 0.25) is 0 Å². The highest BCUT2D eigenvalue weighted by Gasteiger charge is 2.23. The second-order valence-corrected chi connectivity index (χ2v) is 5.02. The Labute approximate surface area is 92.3 Å². The van der Waals surface area contributed by atoms with Crippen LogP contribution in [0.1, 0.15) is 44.4 Å². The molecule has 1 heterocycles. The fourth-order valence-electron chi connectivity index (χ4n) is 1.96. The molecule has 0 spiro atoms. The summed E-state index contributed by atoms with van der Waals surface area (Å²) in [6.45, 7) is 2.33. The van der Waals surface area contributed by atoms with Gasteiger partial charge in [0.15, 0.2) is 9.66 Å². The maximum atomic E-state index is 5.53. The summed E-state index contributed by atoms with van der Waals surface area (Å²) < 4.78 is 6.44. The van der Waals surface area contributed by atoms with Crippen molar-refractivity contribution in [2.75, 3.05) is 0 Å². The smallest absolute Gasteiger partial charge is 0.198 e. The fourth-order valence-corrected chi connectivity index (χ4v) is 2.33. The first-order valence-corrected chi connectivity index (χ1v) is 5.95. The van der Waals surface area contributed by atoms with Gasteiger partial charge in [-0.1, -0.05) is 6.92 Å². The quantitative estimate of drug-likeness (QED) is 0.739. The van der Waals surface area contributed by atoms with Crippen molar-refractivity contribution in [2.24, 2.45) is 5.92 Å². The summed E-state index contributed by atoms with van der Waals surface area (Å²) in [6, 6.07) is 0. The Morgan fingerprint density at radius 2 is 2.08 bits per heavy atom. The Balaban J connectivity index is 2.02. The van der Waals surface area contributed by atoms with Gasteiger partial charge in [0, 0.05) is 28.5 Å². The highest BCUT2D eigenvalue weighted by Crippen LogP contribution is 2.35. The summed E-state index contributed by atoms with van der Waals surface area (Å²) in [7, 11) is 0. The molecule has 13 heavy (non-hydrogen) atoms. The van der Waals surface area contributed by atoms with Gasteiger partial charge in [0.05, 0.1) is 6.20 Å². The Kier molecular flexibility index (Phi) is 2.91. The van der Waals surface area contributed by atoms with Crippen molar-refractivity contribution in [1.29, 1.82) is 0 Å². The maximum Gasteiger partial charge on any atom is 0.198 e. The van der Waals surface area contributed by atoms with Gasteiger partial charge in [-0.05, 0) is 31.6 Å². The van der Waals surface area contributed by atoms with Gasteiger partial charge in [-0.3, -0.25) is 0 Å². The Morgan fingerprint density at radius 1 is 1.38 bits per heavy atom. The summed E-state index contributed by atoms with van der Waals surface area (Å²) in [5.41, 5.74) is 0. The molecule has 0 unspecified atom stereocenters. The minimum absolute atomic E-state index is 0.583. The van der Waals surface area contributed by atoms with Crippen LogP contribution in [-0.4, -0.2) is 4.98 Å². The average molecular weight is 291 g/mol. The van der Waals surface area contributed by atoms with E-state index in [2.05, 4.69) is 34.5 Å². The van der Waals surface area contributed by atoms with Crippen molar-refractivity contribution in [1.82, 2.24) is 4.98 Å². The van der Waals surface area contributed by atoms with Crippen molar-refractivity contribution in [3.8, 4) is 0 Å². The van der Waals surface area contributed by atoms with E-state index in [0.717, 1.165) is 15.6 Å². The molecule has 0 atom stereocenters. The van der Waals surface area contributed by atoms with Crippen LogP contribution in [0.5, 0.6) is 0 Å². The van der Waals surface area contributed by atoms with Crippen LogP contribution in [0.2, 0.25) is 0 Å². The number of oxazole rings is 1. The maximum absolute atomic E-state index is 5.53. The Morgan fingerprint density at radius 3 is 2.62 bits per heavy atom. The lowest BCUT2D eigenvalue weighted by Crippen LogP contribution is -2.10. The number of halogens is 1. The van der Waals surface area contributed by atoms with Crippen LogP contribution < -0.4 is 0 Å². The summed E-state index contributed by atoms with van der Waals surface area (Å²) in [6.07, 6.45) is 6.96. The topological polar surface area (TPSA) is 26.0 Å². The van der Waals surface area contributed by atoms with Crippen molar-refractivity contribution < 1.29 is 4.42 Å². The van der Waals surface area contributed by atoms with Crippen LogP contribution in [-0.2, 0) is 0 Å². The standard InChI is InChI=1S/C10H14INO/c1-7-2-4-8(5-3-7)10-12-6-9(11)13-10/h6-8H,2-5H2,1H3. The average Bonchev–Trinajstić information content (AvgIpc) is 2.53. The van der Waals surface area contributed by atoms with E-state index in [4.69, 9.17) is 4.42 Å². The Hall–Kier alpha value is -0.0600. The van der Waals surface area contributed by atoms with E-state index in [1.54, 1.807) is 0 Å². The molecule has 1 aliphatic carbocycles. The third-order valence-electron chi connectivity index (χ3n) is 2.86. The van der Waals surface area contributed by atoms with E-state index >= 15 is 0 Å². The number of hydrogen-bond acceptors (Lipinski definition) is 2. The molecule has 1 fully saturated rings. The molecule has 0 N–H and O–H groups in total. The van der Waals surface area contributed by atoms with Gasteiger partial charge in [-0.15, -0.1) is 0 Å². The number of nitrogens with zero attached hydrogens (tertiary/aromatic N) is 1. The molecule has 0 amide bonds. The minimum atomic E-state index is 0.583. The molecular weight excluding hydrogens is 277 g/mol. The second kappa shape index (κ2) is 3.98. The van der Waals surface area contributed by atoms with Crippen molar-refractivity contribution in [3.63, 3.8) is 0 Å². The normalized spacial score (nSPS) is 29.1. The molecule has 0 bridgehead atoms. The van der Waals surface area contributed by atoms with E-state index in [1.165, 1.54) is 25.7 Å². The molecule has 2 rings (SSSR count). The fraction of sp³-hybridized carbons (Fsp3) is 0.700. The lowest BCUT2D eigenvalue weighted by molar-refractivity contribution is 0.304. The zero-order valence-electron chi connectivity index (χ0n) is 7.79. The minimum Gasteiger partial charge on any atom is -0.435 e. The molecule has 0 radical (unpaired) electrons. The SMILES string of the molecule is CC1CCC(c2ncc(I)o2)CC1. The van der Waals surface area contributed by atoms with Gasteiger partial charge in [0.25, 0.3) is 0 Å². The summed E-state index contributed by atoms with van der Waals surface area (Å²) >= 11 is 2.17. The number of hydrogen-bond donors (Lipinski definition) is 0. The van der Waals surface area contributed by atoms with Crippen LogP contribution >= 0.6 is 22.6 Å². The number of rotatable bonds is 1. The predicted octanol–water partition coefficient (Wildman–Crippen LogP) is 3.57. The molecule has 0 aliphatic heterocycles. The van der Waals surface area contributed by atoms with Crippen molar-refractivity contribution in [3.05, 3.63) is 15.9 Å². The van der Waals surface area contributed by atoms with E-state index < -0.39 is 0 Å². The van der Waals surface area contributed by atoms with Crippen LogP contribution in [0.3, 0.4) is 0 Å². The van der Waals surface area contributed by atoms with E-state index in [-0.39, 0.29) is 0 Å². The molecule has 1 aromatic heterocycles. The lowest BCUT2D eigenvalue weighted by atomic mass is 9.83. The van der Waals surface area contributed by atoms with E-state index in [9.17, 15) is 0 Å². The molecule has 1 saturated carbocycles. The molecule has 72 valence electrons. The first kappa shape index (κ1) is 9.49.